The van der Waals surface area contributed by atoms with Crippen molar-refractivity contribution in [1.82, 2.24) is 14.0 Å². The van der Waals surface area contributed by atoms with Crippen LogP contribution in [0, 0.1) is 0 Å². The zero-order valence-electron chi connectivity index (χ0n) is 17.1. The van der Waals surface area contributed by atoms with E-state index in [-0.39, 0.29) is 0 Å². The van der Waals surface area contributed by atoms with Crippen molar-refractivity contribution in [3.8, 4) is 11.3 Å². The maximum absolute atomic E-state index is 12.1. The lowest BCUT2D eigenvalue weighted by Gasteiger charge is -2.18. The monoisotopic (exact) mass is 454 g/mol. The number of thiazole rings is 1. The molecule has 1 aliphatic rings. The normalized spacial score (nSPS) is 13.8. The van der Waals surface area contributed by atoms with Crippen LogP contribution in [0.25, 0.3) is 11.3 Å². The van der Waals surface area contributed by atoms with E-state index < -0.39 is 10.2 Å². The fourth-order valence-corrected chi connectivity index (χ4v) is 6.74. The summed E-state index contributed by atoms with van der Waals surface area (Å²) in [5.74, 6) is 1.09. The summed E-state index contributed by atoms with van der Waals surface area (Å²) in [5.41, 5.74) is 2.37. The van der Waals surface area contributed by atoms with Gasteiger partial charge in [0.2, 0.25) is 0 Å². The Morgan fingerprint density at radius 1 is 1.10 bits per heavy atom. The minimum Gasteiger partial charge on any atom is -0.361 e. The van der Waals surface area contributed by atoms with Gasteiger partial charge in [0.05, 0.1) is 5.69 Å². The van der Waals surface area contributed by atoms with Gasteiger partial charge in [-0.2, -0.15) is 12.7 Å². The molecular formula is C20H30N4O2S3. The molecule has 0 spiro atoms. The molecule has 1 aromatic carbocycles. The Kier molecular flexibility index (Phi) is 8.37. The Morgan fingerprint density at radius 3 is 2.66 bits per heavy atom. The van der Waals surface area contributed by atoms with Crippen molar-refractivity contribution >= 4 is 38.4 Å². The summed E-state index contributed by atoms with van der Waals surface area (Å²) < 4.78 is 28.3. The Labute approximate surface area is 182 Å². The molecule has 0 atom stereocenters. The van der Waals surface area contributed by atoms with Crippen molar-refractivity contribution in [1.29, 1.82) is 0 Å². The SMILES string of the molecule is CCN(CC)S(=O)(=O)NCCCCCNc1nc2c(s1)CCSc1ccccc1-2. The largest absolute Gasteiger partial charge is 0.361 e. The number of hydrogen-bond donors (Lipinski definition) is 2. The minimum atomic E-state index is -3.33. The molecule has 1 aliphatic heterocycles. The third-order valence-electron chi connectivity index (χ3n) is 4.89. The summed E-state index contributed by atoms with van der Waals surface area (Å²) in [5, 5.41) is 4.44. The van der Waals surface area contributed by atoms with E-state index in [9.17, 15) is 8.42 Å². The molecule has 1 aromatic heterocycles. The van der Waals surface area contributed by atoms with E-state index in [0.29, 0.717) is 19.6 Å². The molecule has 2 N–H and O–H groups in total. The number of unbranched alkanes of at least 4 members (excludes halogenated alkanes) is 2. The fraction of sp³-hybridized carbons (Fsp3) is 0.550. The van der Waals surface area contributed by atoms with E-state index in [1.165, 1.54) is 19.6 Å². The van der Waals surface area contributed by atoms with Crippen LogP contribution in [0.15, 0.2) is 29.2 Å². The van der Waals surface area contributed by atoms with Gasteiger partial charge in [0.1, 0.15) is 0 Å². The van der Waals surface area contributed by atoms with Gasteiger partial charge >= 0.3 is 0 Å². The second-order valence-electron chi connectivity index (χ2n) is 6.86. The first kappa shape index (κ1) is 22.6. The number of fused-ring (bicyclic) bond motifs is 3. The van der Waals surface area contributed by atoms with Crippen molar-refractivity contribution in [2.45, 2.75) is 44.4 Å². The molecule has 29 heavy (non-hydrogen) atoms. The predicted molar refractivity (Wildman–Crippen MR) is 124 cm³/mol. The number of aromatic nitrogens is 1. The molecule has 2 heterocycles. The average Bonchev–Trinajstić information content (AvgIpc) is 3.03. The number of nitrogens with one attached hydrogen (secondary N) is 2. The lowest BCUT2D eigenvalue weighted by Crippen LogP contribution is -2.40. The molecule has 3 rings (SSSR count). The van der Waals surface area contributed by atoms with Crippen molar-refractivity contribution < 1.29 is 8.42 Å². The van der Waals surface area contributed by atoms with Gasteiger partial charge in [-0.3, -0.25) is 0 Å². The van der Waals surface area contributed by atoms with Crippen molar-refractivity contribution in [2.24, 2.45) is 0 Å². The molecule has 0 fully saturated rings. The van der Waals surface area contributed by atoms with Gasteiger partial charge < -0.3 is 5.32 Å². The topological polar surface area (TPSA) is 74.3 Å². The van der Waals surface area contributed by atoms with Crippen LogP contribution in [-0.2, 0) is 16.6 Å². The Hall–Kier alpha value is -1.13. The maximum atomic E-state index is 12.1. The van der Waals surface area contributed by atoms with Crippen molar-refractivity contribution in [3.63, 3.8) is 0 Å². The Bertz CT molecular complexity index is 895. The smallest absolute Gasteiger partial charge is 0.279 e. The molecule has 160 valence electrons. The van der Waals surface area contributed by atoms with Gasteiger partial charge in [-0.25, -0.2) is 9.71 Å². The molecule has 2 aromatic rings. The number of aryl methyl sites for hydroxylation is 1. The van der Waals surface area contributed by atoms with Crippen LogP contribution in [0.1, 0.15) is 38.0 Å². The minimum absolute atomic E-state index is 0.485. The summed E-state index contributed by atoms with van der Waals surface area (Å²) in [6, 6.07) is 8.51. The van der Waals surface area contributed by atoms with Gasteiger partial charge in [-0.15, -0.1) is 23.1 Å². The summed E-state index contributed by atoms with van der Waals surface area (Å²) in [7, 11) is -3.33. The van der Waals surface area contributed by atoms with Crippen LogP contribution in [0.3, 0.4) is 0 Å². The number of benzene rings is 1. The highest BCUT2D eigenvalue weighted by Gasteiger charge is 2.19. The third kappa shape index (κ3) is 5.95. The van der Waals surface area contributed by atoms with Gasteiger partial charge in [-0.1, -0.05) is 38.5 Å². The second kappa shape index (κ2) is 10.8. The molecule has 0 bridgehead atoms. The Balaban J connectivity index is 1.42. The lowest BCUT2D eigenvalue weighted by molar-refractivity contribution is 0.434. The zero-order chi connectivity index (χ0) is 20.7. The van der Waals surface area contributed by atoms with E-state index in [2.05, 4.69) is 34.3 Å². The number of rotatable bonds is 11. The highest BCUT2D eigenvalue weighted by molar-refractivity contribution is 7.99. The molecule has 0 saturated heterocycles. The first-order valence-corrected chi connectivity index (χ1v) is 13.5. The summed E-state index contributed by atoms with van der Waals surface area (Å²) >= 11 is 3.67. The molecule has 0 unspecified atom stereocenters. The van der Waals surface area contributed by atoms with Gasteiger partial charge in [0.25, 0.3) is 10.2 Å². The van der Waals surface area contributed by atoms with Crippen LogP contribution in [0.2, 0.25) is 0 Å². The Morgan fingerprint density at radius 2 is 1.86 bits per heavy atom. The van der Waals surface area contributed by atoms with Crippen LogP contribution >= 0.6 is 23.1 Å². The number of anilines is 1. The van der Waals surface area contributed by atoms with E-state index in [1.807, 2.05) is 25.6 Å². The van der Waals surface area contributed by atoms with Gasteiger partial charge in [0, 0.05) is 47.3 Å². The quantitative estimate of drug-likeness (QED) is 0.497. The van der Waals surface area contributed by atoms with Gasteiger partial charge in [0.15, 0.2) is 5.13 Å². The number of thioether (sulfide) groups is 1. The first-order chi connectivity index (χ1) is 14.0. The average molecular weight is 455 g/mol. The van der Waals surface area contributed by atoms with E-state index in [4.69, 9.17) is 4.98 Å². The standard InChI is InChI=1S/C20H30N4O2S3/c1-3-24(4-2)29(25,26)22-14-9-5-8-13-21-20-23-19-16-10-6-7-11-17(16)27-15-12-18(19)28-20/h6-7,10-11,22H,3-5,8-9,12-15H2,1-2H3,(H,21,23). The molecule has 9 heteroatoms. The highest BCUT2D eigenvalue weighted by atomic mass is 32.2. The van der Waals surface area contributed by atoms with Gasteiger partial charge in [-0.05, 0) is 25.3 Å². The number of hydrogen-bond acceptors (Lipinski definition) is 6. The summed E-state index contributed by atoms with van der Waals surface area (Å²) in [4.78, 5) is 7.53. The second-order valence-corrected chi connectivity index (χ2v) is 10.8. The molecule has 0 radical (unpaired) electrons. The van der Waals surface area contributed by atoms with E-state index in [1.54, 1.807) is 11.3 Å². The van der Waals surface area contributed by atoms with Crippen LogP contribution in [-0.4, -0.2) is 49.6 Å². The van der Waals surface area contributed by atoms with E-state index >= 15 is 0 Å². The van der Waals surface area contributed by atoms with E-state index in [0.717, 1.165) is 48.8 Å². The number of nitrogens with zero attached hydrogens (tertiary/aromatic N) is 2. The molecular weight excluding hydrogens is 424 g/mol. The van der Waals surface area contributed by atoms with Crippen molar-refractivity contribution in [2.75, 3.05) is 37.2 Å². The maximum Gasteiger partial charge on any atom is 0.279 e. The zero-order valence-corrected chi connectivity index (χ0v) is 19.6. The first-order valence-electron chi connectivity index (χ1n) is 10.3. The predicted octanol–water partition coefficient (Wildman–Crippen LogP) is 4.22. The van der Waals surface area contributed by atoms with Crippen LogP contribution < -0.4 is 10.0 Å². The van der Waals surface area contributed by atoms with Crippen LogP contribution in [0.5, 0.6) is 0 Å². The van der Waals surface area contributed by atoms with Crippen LogP contribution in [0.4, 0.5) is 5.13 Å². The fourth-order valence-electron chi connectivity index (χ4n) is 3.33. The lowest BCUT2D eigenvalue weighted by atomic mass is 10.1. The van der Waals surface area contributed by atoms with Crippen molar-refractivity contribution in [3.05, 3.63) is 29.1 Å². The molecule has 0 aliphatic carbocycles. The summed E-state index contributed by atoms with van der Waals surface area (Å²) in [6.45, 7) is 6.03. The molecule has 0 saturated carbocycles. The summed E-state index contributed by atoms with van der Waals surface area (Å²) in [6.07, 6.45) is 3.85. The molecule has 0 amide bonds. The third-order valence-corrected chi connectivity index (χ3v) is 8.80. The highest BCUT2D eigenvalue weighted by Crippen LogP contribution is 2.40. The molecule has 6 nitrogen and oxygen atoms in total.